The summed E-state index contributed by atoms with van der Waals surface area (Å²) in [6.45, 7) is 3.58. The lowest BCUT2D eigenvalue weighted by molar-refractivity contribution is 0.578. The first-order chi connectivity index (χ1) is 9.44. The minimum Gasteiger partial charge on any atom is -0.347 e. The van der Waals surface area contributed by atoms with Crippen LogP contribution in [0.25, 0.3) is 0 Å². The minimum absolute atomic E-state index is 0.116. The lowest BCUT2D eigenvalue weighted by Gasteiger charge is -2.13. The molecule has 1 heterocycles. The molecule has 0 unspecified atom stereocenters. The third-order valence-electron chi connectivity index (χ3n) is 2.88. The number of H-pyrrole nitrogens is 1. The average Bonchev–Trinajstić information content (AvgIpc) is 2.88. The van der Waals surface area contributed by atoms with Gasteiger partial charge in [-0.25, -0.2) is 18.1 Å². The maximum Gasteiger partial charge on any atom is 0.241 e. The van der Waals surface area contributed by atoms with Crippen LogP contribution in [0.3, 0.4) is 0 Å². The van der Waals surface area contributed by atoms with Crippen molar-refractivity contribution in [2.45, 2.75) is 25.3 Å². The number of aryl methyl sites for hydroxylation is 2. The standard InChI is InChI=1S/C12H17N5O2S/c1-8-5-10(17-13)6-9(2)12(8)20(18,19)16-7-11-14-3-4-15-11/h3-6,16-17H,7,13H2,1-2H3,(H,14,15). The van der Waals surface area contributed by atoms with Gasteiger partial charge in [-0.15, -0.1) is 0 Å². The third kappa shape index (κ3) is 2.98. The van der Waals surface area contributed by atoms with Crippen LogP contribution in [0.2, 0.25) is 0 Å². The van der Waals surface area contributed by atoms with Gasteiger partial charge in [0.1, 0.15) is 5.82 Å². The second-order valence-corrected chi connectivity index (χ2v) is 6.15. The van der Waals surface area contributed by atoms with Crippen molar-refractivity contribution < 1.29 is 8.42 Å². The highest BCUT2D eigenvalue weighted by atomic mass is 32.2. The number of rotatable bonds is 5. The Labute approximate surface area is 117 Å². The maximum absolute atomic E-state index is 12.4. The molecule has 1 aromatic carbocycles. The van der Waals surface area contributed by atoms with Crippen molar-refractivity contribution >= 4 is 15.7 Å². The molecule has 20 heavy (non-hydrogen) atoms. The van der Waals surface area contributed by atoms with E-state index >= 15 is 0 Å². The molecule has 2 aromatic rings. The largest absolute Gasteiger partial charge is 0.347 e. The molecule has 108 valence electrons. The van der Waals surface area contributed by atoms with Gasteiger partial charge in [0.25, 0.3) is 0 Å². The molecule has 0 bridgehead atoms. The summed E-state index contributed by atoms with van der Waals surface area (Å²) in [7, 11) is -3.60. The van der Waals surface area contributed by atoms with Gasteiger partial charge in [0, 0.05) is 18.1 Å². The maximum atomic E-state index is 12.4. The Hall–Kier alpha value is -1.90. The predicted octanol–water partition coefficient (Wildman–Crippen LogP) is 0.791. The Morgan fingerprint density at radius 1 is 1.30 bits per heavy atom. The average molecular weight is 295 g/mol. The summed E-state index contributed by atoms with van der Waals surface area (Å²) in [5, 5.41) is 0. The fraction of sp³-hybridized carbons (Fsp3) is 0.250. The van der Waals surface area contributed by atoms with Crippen molar-refractivity contribution in [3.63, 3.8) is 0 Å². The van der Waals surface area contributed by atoms with E-state index < -0.39 is 10.0 Å². The van der Waals surface area contributed by atoms with E-state index in [0.717, 1.165) is 0 Å². The van der Waals surface area contributed by atoms with Gasteiger partial charge in [-0.2, -0.15) is 0 Å². The van der Waals surface area contributed by atoms with Gasteiger partial charge in [0.2, 0.25) is 10.0 Å². The molecule has 2 rings (SSSR count). The number of hydrogen-bond donors (Lipinski definition) is 4. The van der Waals surface area contributed by atoms with E-state index in [4.69, 9.17) is 5.84 Å². The van der Waals surface area contributed by atoms with Crippen LogP contribution in [0.1, 0.15) is 17.0 Å². The molecule has 1 aromatic heterocycles. The molecule has 0 spiro atoms. The van der Waals surface area contributed by atoms with E-state index in [1.54, 1.807) is 38.4 Å². The third-order valence-corrected chi connectivity index (χ3v) is 4.59. The van der Waals surface area contributed by atoms with E-state index in [1.165, 1.54) is 0 Å². The van der Waals surface area contributed by atoms with Gasteiger partial charge in [0.05, 0.1) is 11.4 Å². The van der Waals surface area contributed by atoms with Crippen LogP contribution in [0, 0.1) is 13.8 Å². The molecular weight excluding hydrogens is 278 g/mol. The van der Waals surface area contributed by atoms with Crippen LogP contribution >= 0.6 is 0 Å². The lowest BCUT2D eigenvalue weighted by atomic mass is 10.1. The van der Waals surface area contributed by atoms with Gasteiger partial charge in [-0.05, 0) is 37.1 Å². The Bertz CT molecular complexity index is 672. The van der Waals surface area contributed by atoms with Crippen molar-refractivity contribution in [1.29, 1.82) is 0 Å². The summed E-state index contributed by atoms with van der Waals surface area (Å²) in [4.78, 5) is 7.09. The molecule has 0 atom stereocenters. The Morgan fingerprint density at radius 2 is 1.95 bits per heavy atom. The zero-order valence-corrected chi connectivity index (χ0v) is 12.1. The zero-order chi connectivity index (χ0) is 14.8. The highest BCUT2D eigenvalue weighted by Crippen LogP contribution is 2.24. The predicted molar refractivity (Wildman–Crippen MR) is 76.3 cm³/mol. The molecule has 0 aliphatic rings. The first kappa shape index (κ1) is 14.5. The van der Waals surface area contributed by atoms with Crippen molar-refractivity contribution in [2.24, 2.45) is 5.84 Å². The smallest absolute Gasteiger partial charge is 0.241 e. The van der Waals surface area contributed by atoms with Crippen LogP contribution in [0.4, 0.5) is 5.69 Å². The normalized spacial score (nSPS) is 11.6. The van der Waals surface area contributed by atoms with Gasteiger partial charge < -0.3 is 10.4 Å². The highest BCUT2D eigenvalue weighted by molar-refractivity contribution is 7.89. The quantitative estimate of drug-likeness (QED) is 0.481. The fourth-order valence-electron chi connectivity index (χ4n) is 2.09. The molecule has 8 heteroatoms. The molecule has 0 fully saturated rings. The van der Waals surface area contributed by atoms with Crippen molar-refractivity contribution in [3.8, 4) is 0 Å². The Kier molecular flexibility index (Phi) is 4.07. The summed E-state index contributed by atoms with van der Waals surface area (Å²) in [6.07, 6.45) is 3.21. The molecular formula is C12H17N5O2S. The Morgan fingerprint density at radius 3 is 2.45 bits per heavy atom. The number of nitrogens with two attached hydrogens (primary N) is 1. The van der Waals surface area contributed by atoms with Gasteiger partial charge in [-0.1, -0.05) is 0 Å². The van der Waals surface area contributed by atoms with E-state index in [0.29, 0.717) is 22.6 Å². The van der Waals surface area contributed by atoms with Crippen LogP contribution in [0.15, 0.2) is 29.4 Å². The number of hydrazine groups is 1. The zero-order valence-electron chi connectivity index (χ0n) is 11.3. The molecule has 0 amide bonds. The fourth-order valence-corrected chi connectivity index (χ4v) is 3.52. The second-order valence-electron chi connectivity index (χ2n) is 4.44. The van der Waals surface area contributed by atoms with Crippen LogP contribution in [-0.4, -0.2) is 18.4 Å². The van der Waals surface area contributed by atoms with Crippen LogP contribution in [0.5, 0.6) is 0 Å². The number of hydrogen-bond acceptors (Lipinski definition) is 5. The topological polar surface area (TPSA) is 113 Å². The number of aromatic nitrogens is 2. The minimum atomic E-state index is -3.60. The number of benzene rings is 1. The summed E-state index contributed by atoms with van der Waals surface area (Å²) in [5.74, 6) is 5.90. The lowest BCUT2D eigenvalue weighted by Crippen LogP contribution is -2.25. The highest BCUT2D eigenvalue weighted by Gasteiger charge is 2.20. The van der Waals surface area contributed by atoms with Crippen LogP contribution < -0.4 is 16.0 Å². The number of nitrogens with one attached hydrogen (secondary N) is 3. The number of sulfonamides is 1. The summed E-state index contributed by atoms with van der Waals surface area (Å²) < 4.78 is 27.3. The number of nitrogen functional groups attached to an aromatic ring is 1. The van der Waals surface area contributed by atoms with Crippen LogP contribution in [-0.2, 0) is 16.6 Å². The molecule has 5 N–H and O–H groups in total. The molecule has 0 saturated heterocycles. The Balaban J connectivity index is 2.29. The van der Waals surface area contributed by atoms with Crippen molar-refractivity contribution in [1.82, 2.24) is 14.7 Å². The van der Waals surface area contributed by atoms with E-state index in [9.17, 15) is 8.42 Å². The van der Waals surface area contributed by atoms with Crippen molar-refractivity contribution in [3.05, 3.63) is 41.5 Å². The summed E-state index contributed by atoms with van der Waals surface area (Å²) in [6, 6.07) is 3.38. The number of anilines is 1. The molecule has 0 saturated carbocycles. The monoisotopic (exact) mass is 295 g/mol. The molecule has 0 aliphatic carbocycles. The second kappa shape index (κ2) is 5.61. The molecule has 0 aliphatic heterocycles. The first-order valence-electron chi connectivity index (χ1n) is 6.00. The van der Waals surface area contributed by atoms with Crippen molar-refractivity contribution in [2.75, 3.05) is 5.43 Å². The first-order valence-corrected chi connectivity index (χ1v) is 7.48. The van der Waals surface area contributed by atoms with Gasteiger partial charge in [-0.3, -0.25) is 5.84 Å². The van der Waals surface area contributed by atoms with E-state index in [1.807, 2.05) is 0 Å². The van der Waals surface area contributed by atoms with E-state index in [-0.39, 0.29) is 11.4 Å². The number of imidazole rings is 1. The molecule has 7 nitrogen and oxygen atoms in total. The van der Waals surface area contributed by atoms with E-state index in [2.05, 4.69) is 20.1 Å². The number of nitrogens with zero attached hydrogens (tertiary/aromatic N) is 1. The van der Waals surface area contributed by atoms with Gasteiger partial charge >= 0.3 is 0 Å². The SMILES string of the molecule is Cc1cc(NN)cc(C)c1S(=O)(=O)NCc1ncc[nH]1. The molecule has 0 radical (unpaired) electrons. The van der Waals surface area contributed by atoms with Gasteiger partial charge in [0.15, 0.2) is 0 Å². The summed E-state index contributed by atoms with van der Waals surface area (Å²) >= 11 is 0. The summed E-state index contributed by atoms with van der Waals surface area (Å²) in [5.41, 5.74) is 4.44. The number of aromatic amines is 1.